The van der Waals surface area contributed by atoms with Gasteiger partial charge in [0.2, 0.25) is 5.82 Å². The van der Waals surface area contributed by atoms with Crippen LogP contribution in [0.2, 0.25) is 0 Å². The molecule has 1 fully saturated rings. The van der Waals surface area contributed by atoms with Crippen LogP contribution in [0.25, 0.3) is 0 Å². The van der Waals surface area contributed by atoms with Crippen LogP contribution in [0, 0.1) is 29.1 Å². The molecule has 1 aliphatic heterocycles. The lowest BCUT2D eigenvalue weighted by Gasteiger charge is -2.23. The Labute approximate surface area is 109 Å². The summed E-state index contributed by atoms with van der Waals surface area (Å²) in [6.07, 6.45) is -1.07. The van der Waals surface area contributed by atoms with Gasteiger partial charge in [-0.1, -0.05) is 0 Å². The zero-order valence-corrected chi connectivity index (χ0v) is 9.90. The molecule has 0 aliphatic carbocycles. The Balaban J connectivity index is 2.27. The van der Waals surface area contributed by atoms with Gasteiger partial charge >= 0.3 is 0 Å². The highest BCUT2D eigenvalue weighted by Crippen LogP contribution is 2.27. The maximum Gasteiger partial charge on any atom is 0.254 e. The van der Waals surface area contributed by atoms with Crippen molar-refractivity contribution in [2.45, 2.75) is 6.10 Å². The molecule has 2 N–H and O–H groups in total. The molecule has 20 heavy (non-hydrogen) atoms. The van der Waals surface area contributed by atoms with Gasteiger partial charge in [0.15, 0.2) is 23.3 Å². The molecule has 0 aromatic heterocycles. The van der Waals surface area contributed by atoms with Gasteiger partial charge in [-0.2, -0.15) is 0 Å². The minimum Gasteiger partial charge on any atom is -0.366 e. The molecular formula is C11H9F5N2O2. The van der Waals surface area contributed by atoms with Gasteiger partial charge < -0.3 is 15.4 Å². The van der Waals surface area contributed by atoms with Crippen LogP contribution < -0.4 is 10.6 Å². The average Bonchev–Trinajstić information content (AvgIpc) is 2.48. The van der Waals surface area contributed by atoms with Crippen molar-refractivity contribution in [3.05, 3.63) is 29.1 Å². The van der Waals surface area contributed by atoms with Crippen molar-refractivity contribution in [3.63, 3.8) is 0 Å². The summed E-state index contributed by atoms with van der Waals surface area (Å²) in [5.74, 6) is -11.7. The average molecular weight is 296 g/mol. The molecule has 0 radical (unpaired) electrons. The van der Waals surface area contributed by atoms with Crippen molar-refractivity contribution < 1.29 is 31.5 Å². The first-order chi connectivity index (χ1) is 9.43. The summed E-state index contributed by atoms with van der Waals surface area (Å²) in [5, 5.41) is 4.44. The van der Waals surface area contributed by atoms with Crippen LogP contribution in [0.4, 0.5) is 27.6 Å². The fraction of sp³-hybridized carbons (Fsp3) is 0.364. The number of benzene rings is 1. The SMILES string of the molecule is O=C(Nc1c(F)c(F)c(F)c(F)c1F)C1CNCCO1. The molecule has 4 nitrogen and oxygen atoms in total. The van der Waals surface area contributed by atoms with Crippen LogP contribution in [0.3, 0.4) is 0 Å². The second kappa shape index (κ2) is 5.71. The number of carbonyl (C=O) groups is 1. The van der Waals surface area contributed by atoms with Gasteiger partial charge in [-0.05, 0) is 0 Å². The van der Waals surface area contributed by atoms with E-state index in [1.54, 1.807) is 5.32 Å². The predicted molar refractivity (Wildman–Crippen MR) is 57.5 cm³/mol. The van der Waals surface area contributed by atoms with Gasteiger partial charge in [-0.25, -0.2) is 22.0 Å². The number of amides is 1. The van der Waals surface area contributed by atoms with Crippen molar-refractivity contribution in [2.24, 2.45) is 0 Å². The Bertz CT molecular complexity index is 517. The zero-order valence-electron chi connectivity index (χ0n) is 9.90. The third kappa shape index (κ3) is 2.59. The zero-order chi connectivity index (χ0) is 14.9. The molecule has 1 aromatic carbocycles. The molecule has 2 rings (SSSR count). The second-order valence-corrected chi connectivity index (χ2v) is 4.00. The highest BCUT2D eigenvalue weighted by molar-refractivity contribution is 5.94. The lowest BCUT2D eigenvalue weighted by atomic mass is 10.2. The lowest BCUT2D eigenvalue weighted by molar-refractivity contribution is -0.128. The molecule has 1 aliphatic rings. The molecule has 1 aromatic rings. The number of halogens is 5. The van der Waals surface area contributed by atoms with Crippen LogP contribution in [-0.4, -0.2) is 31.7 Å². The van der Waals surface area contributed by atoms with Gasteiger partial charge in [0, 0.05) is 13.1 Å². The number of nitrogens with one attached hydrogen (secondary N) is 2. The fourth-order valence-corrected chi connectivity index (χ4v) is 1.65. The minimum atomic E-state index is -2.28. The molecular weight excluding hydrogens is 287 g/mol. The maximum absolute atomic E-state index is 13.3. The van der Waals surface area contributed by atoms with E-state index in [-0.39, 0.29) is 13.2 Å². The van der Waals surface area contributed by atoms with Crippen molar-refractivity contribution in [2.75, 3.05) is 25.0 Å². The minimum absolute atomic E-state index is 0.0707. The van der Waals surface area contributed by atoms with E-state index in [1.807, 2.05) is 0 Å². The highest BCUT2D eigenvalue weighted by Gasteiger charge is 2.29. The number of ether oxygens (including phenoxy) is 1. The molecule has 0 spiro atoms. The van der Waals surface area contributed by atoms with Gasteiger partial charge in [0.05, 0.1) is 6.61 Å². The summed E-state index contributed by atoms with van der Waals surface area (Å²) >= 11 is 0. The third-order valence-electron chi connectivity index (χ3n) is 2.68. The van der Waals surface area contributed by atoms with Gasteiger partial charge in [-0.15, -0.1) is 0 Å². The quantitative estimate of drug-likeness (QED) is 0.491. The summed E-state index contributed by atoms with van der Waals surface area (Å²) in [6, 6.07) is 0. The predicted octanol–water partition coefficient (Wildman–Crippen LogP) is 1.31. The van der Waals surface area contributed by atoms with Crippen LogP contribution in [0.15, 0.2) is 0 Å². The summed E-state index contributed by atoms with van der Waals surface area (Å²) in [4.78, 5) is 11.6. The Morgan fingerprint density at radius 1 is 1.05 bits per heavy atom. The molecule has 1 unspecified atom stereocenters. The van der Waals surface area contributed by atoms with E-state index in [2.05, 4.69) is 5.32 Å². The van der Waals surface area contributed by atoms with E-state index in [4.69, 9.17) is 4.74 Å². The monoisotopic (exact) mass is 296 g/mol. The molecule has 1 saturated heterocycles. The fourth-order valence-electron chi connectivity index (χ4n) is 1.65. The highest BCUT2D eigenvalue weighted by atomic mass is 19.2. The van der Waals surface area contributed by atoms with Crippen LogP contribution in [-0.2, 0) is 9.53 Å². The normalized spacial score (nSPS) is 18.9. The van der Waals surface area contributed by atoms with Crippen LogP contribution in [0.1, 0.15) is 0 Å². The number of rotatable bonds is 2. The van der Waals surface area contributed by atoms with E-state index >= 15 is 0 Å². The third-order valence-corrected chi connectivity index (χ3v) is 2.68. The first-order valence-electron chi connectivity index (χ1n) is 5.58. The van der Waals surface area contributed by atoms with Crippen molar-refractivity contribution >= 4 is 11.6 Å². The Hall–Kier alpha value is -1.74. The van der Waals surface area contributed by atoms with E-state index in [9.17, 15) is 26.7 Å². The van der Waals surface area contributed by atoms with E-state index in [0.717, 1.165) is 0 Å². The van der Waals surface area contributed by atoms with Gasteiger partial charge in [0.25, 0.3) is 5.91 Å². The Morgan fingerprint density at radius 3 is 2.10 bits per heavy atom. The smallest absolute Gasteiger partial charge is 0.254 e. The van der Waals surface area contributed by atoms with Crippen LogP contribution in [0.5, 0.6) is 0 Å². The number of anilines is 1. The second-order valence-electron chi connectivity index (χ2n) is 4.00. The molecule has 9 heteroatoms. The van der Waals surface area contributed by atoms with Gasteiger partial charge in [-0.3, -0.25) is 4.79 Å². The molecule has 0 bridgehead atoms. The summed E-state index contributed by atoms with van der Waals surface area (Å²) in [7, 11) is 0. The van der Waals surface area contributed by atoms with Crippen LogP contribution >= 0.6 is 0 Å². The van der Waals surface area contributed by atoms with E-state index in [1.165, 1.54) is 0 Å². The summed E-state index contributed by atoms with van der Waals surface area (Å²) in [6.45, 7) is 0.753. The maximum atomic E-state index is 13.3. The topological polar surface area (TPSA) is 50.4 Å². The van der Waals surface area contributed by atoms with Crippen molar-refractivity contribution in [1.29, 1.82) is 0 Å². The molecule has 110 valence electrons. The number of carbonyl (C=O) groups excluding carboxylic acids is 1. The molecule has 1 amide bonds. The van der Waals surface area contributed by atoms with Gasteiger partial charge in [0.1, 0.15) is 11.8 Å². The van der Waals surface area contributed by atoms with E-state index in [0.29, 0.717) is 6.54 Å². The Morgan fingerprint density at radius 2 is 1.60 bits per heavy atom. The first kappa shape index (κ1) is 14.7. The largest absolute Gasteiger partial charge is 0.366 e. The van der Waals surface area contributed by atoms with E-state index < -0.39 is 46.8 Å². The first-order valence-corrected chi connectivity index (χ1v) is 5.58. The summed E-state index contributed by atoms with van der Waals surface area (Å²) < 4.78 is 70.4. The lowest BCUT2D eigenvalue weighted by Crippen LogP contribution is -2.45. The molecule has 1 atom stereocenters. The number of morpholine rings is 1. The number of hydrogen-bond donors (Lipinski definition) is 2. The Kier molecular flexibility index (Phi) is 4.19. The van der Waals surface area contributed by atoms with Crippen molar-refractivity contribution in [3.8, 4) is 0 Å². The van der Waals surface area contributed by atoms with Crippen molar-refractivity contribution in [1.82, 2.24) is 5.32 Å². The standard InChI is InChI=1S/C11H9F5N2O2/c12-5-6(13)8(15)10(9(16)7(5)14)18-11(19)4-3-17-1-2-20-4/h4,17H,1-3H2,(H,18,19). The molecule has 0 saturated carbocycles. The molecule has 1 heterocycles. The summed E-state index contributed by atoms with van der Waals surface area (Å²) in [5.41, 5.74) is -1.39. The number of hydrogen-bond acceptors (Lipinski definition) is 3.